The van der Waals surface area contributed by atoms with Crippen molar-refractivity contribution in [3.63, 3.8) is 0 Å². The Bertz CT molecular complexity index is 560. The van der Waals surface area contributed by atoms with Crippen LogP contribution >= 0.6 is 31.9 Å². The Hall–Kier alpha value is -0.840. The van der Waals surface area contributed by atoms with Gasteiger partial charge >= 0.3 is 0 Å². The predicted molar refractivity (Wildman–Crippen MR) is 90.2 cm³/mol. The topological polar surface area (TPSA) is 21.3 Å². The van der Waals surface area contributed by atoms with Gasteiger partial charge in [0.25, 0.3) is 0 Å². The highest BCUT2D eigenvalue weighted by atomic mass is 79.9. The molecule has 0 fully saturated rings. The standard InChI is InChI=1S/C16H17Br2NO/c1-12(13-4-2-5-14(17)10-13)19-8-9-20-16-7-3-6-15(18)11-16/h2-7,10-12,19H,8-9H2,1H3/t12-/m1/s1. The van der Waals surface area contributed by atoms with Crippen LogP contribution in [0.4, 0.5) is 0 Å². The molecule has 2 nitrogen and oxygen atoms in total. The van der Waals surface area contributed by atoms with E-state index in [9.17, 15) is 0 Å². The number of benzene rings is 2. The number of nitrogens with one attached hydrogen (secondary N) is 1. The molecule has 2 aromatic carbocycles. The van der Waals surface area contributed by atoms with Crippen LogP contribution in [0.1, 0.15) is 18.5 Å². The van der Waals surface area contributed by atoms with Gasteiger partial charge in [0.15, 0.2) is 0 Å². The highest BCUT2D eigenvalue weighted by molar-refractivity contribution is 9.10. The lowest BCUT2D eigenvalue weighted by Crippen LogP contribution is -2.24. The van der Waals surface area contributed by atoms with Gasteiger partial charge in [0.2, 0.25) is 0 Å². The smallest absolute Gasteiger partial charge is 0.120 e. The zero-order valence-electron chi connectivity index (χ0n) is 11.3. The normalized spacial score (nSPS) is 12.2. The highest BCUT2D eigenvalue weighted by Gasteiger charge is 2.04. The lowest BCUT2D eigenvalue weighted by atomic mass is 10.1. The molecule has 2 aromatic rings. The van der Waals surface area contributed by atoms with Crippen molar-refractivity contribution in [3.8, 4) is 5.75 Å². The summed E-state index contributed by atoms with van der Waals surface area (Å²) >= 11 is 6.92. The molecule has 0 unspecified atom stereocenters. The van der Waals surface area contributed by atoms with Gasteiger partial charge in [-0.3, -0.25) is 0 Å². The van der Waals surface area contributed by atoms with Gasteiger partial charge < -0.3 is 10.1 Å². The van der Waals surface area contributed by atoms with Crippen molar-refractivity contribution < 1.29 is 4.74 Å². The van der Waals surface area contributed by atoms with Crippen LogP contribution in [0.15, 0.2) is 57.5 Å². The summed E-state index contributed by atoms with van der Waals surface area (Å²) in [5.74, 6) is 0.885. The second kappa shape index (κ2) is 7.81. The first-order valence-corrected chi connectivity index (χ1v) is 8.11. The minimum Gasteiger partial charge on any atom is -0.492 e. The van der Waals surface area contributed by atoms with Crippen LogP contribution in [0.5, 0.6) is 5.75 Å². The van der Waals surface area contributed by atoms with Crippen molar-refractivity contribution >= 4 is 31.9 Å². The molecule has 0 bridgehead atoms. The SMILES string of the molecule is C[C@@H](NCCOc1cccc(Br)c1)c1cccc(Br)c1. The molecule has 0 aliphatic heterocycles. The summed E-state index contributed by atoms with van der Waals surface area (Å²) in [6.45, 7) is 3.61. The third kappa shape index (κ3) is 4.93. The van der Waals surface area contributed by atoms with E-state index in [0.29, 0.717) is 12.6 Å². The molecule has 2 rings (SSSR count). The van der Waals surface area contributed by atoms with Crippen LogP contribution in [0, 0.1) is 0 Å². The van der Waals surface area contributed by atoms with Crippen molar-refractivity contribution in [2.24, 2.45) is 0 Å². The summed E-state index contributed by atoms with van der Waals surface area (Å²) < 4.78 is 7.83. The summed E-state index contributed by atoms with van der Waals surface area (Å²) in [6.07, 6.45) is 0. The van der Waals surface area contributed by atoms with Gasteiger partial charge in [-0.05, 0) is 42.8 Å². The van der Waals surface area contributed by atoms with E-state index in [2.05, 4.69) is 62.3 Å². The van der Waals surface area contributed by atoms with E-state index in [-0.39, 0.29) is 0 Å². The van der Waals surface area contributed by atoms with Crippen LogP contribution < -0.4 is 10.1 Å². The molecule has 0 aromatic heterocycles. The van der Waals surface area contributed by atoms with E-state index >= 15 is 0 Å². The quantitative estimate of drug-likeness (QED) is 0.695. The second-order valence-electron chi connectivity index (χ2n) is 4.54. The number of hydrogen-bond acceptors (Lipinski definition) is 2. The maximum absolute atomic E-state index is 5.70. The van der Waals surface area contributed by atoms with Gasteiger partial charge in [-0.2, -0.15) is 0 Å². The van der Waals surface area contributed by atoms with E-state index in [1.54, 1.807) is 0 Å². The Morgan fingerprint density at radius 2 is 1.75 bits per heavy atom. The van der Waals surface area contributed by atoms with Crippen molar-refractivity contribution in [2.75, 3.05) is 13.2 Å². The fourth-order valence-corrected chi connectivity index (χ4v) is 2.69. The lowest BCUT2D eigenvalue weighted by molar-refractivity contribution is 0.307. The van der Waals surface area contributed by atoms with E-state index < -0.39 is 0 Å². The van der Waals surface area contributed by atoms with E-state index in [0.717, 1.165) is 21.2 Å². The van der Waals surface area contributed by atoms with Gasteiger partial charge in [-0.25, -0.2) is 0 Å². The van der Waals surface area contributed by atoms with Crippen LogP contribution in [-0.2, 0) is 0 Å². The summed E-state index contributed by atoms with van der Waals surface area (Å²) in [4.78, 5) is 0. The molecule has 20 heavy (non-hydrogen) atoms. The predicted octanol–water partition coefficient (Wildman–Crippen LogP) is 4.94. The molecule has 0 amide bonds. The molecule has 0 aliphatic rings. The molecular weight excluding hydrogens is 382 g/mol. The van der Waals surface area contributed by atoms with Gasteiger partial charge in [0.05, 0.1) is 0 Å². The zero-order valence-corrected chi connectivity index (χ0v) is 14.4. The largest absolute Gasteiger partial charge is 0.492 e. The third-order valence-corrected chi connectivity index (χ3v) is 3.95. The Labute approximate surface area is 136 Å². The molecule has 1 N–H and O–H groups in total. The summed E-state index contributed by atoms with van der Waals surface area (Å²) in [5.41, 5.74) is 1.27. The molecule has 0 aliphatic carbocycles. The maximum atomic E-state index is 5.70. The monoisotopic (exact) mass is 397 g/mol. The number of ether oxygens (including phenoxy) is 1. The van der Waals surface area contributed by atoms with Crippen molar-refractivity contribution in [3.05, 3.63) is 63.0 Å². The first-order valence-electron chi connectivity index (χ1n) is 6.52. The van der Waals surface area contributed by atoms with Gasteiger partial charge in [0, 0.05) is 21.5 Å². The first kappa shape index (κ1) is 15.5. The molecule has 4 heteroatoms. The zero-order chi connectivity index (χ0) is 14.4. The summed E-state index contributed by atoms with van der Waals surface area (Å²) in [7, 11) is 0. The fraction of sp³-hybridized carbons (Fsp3) is 0.250. The van der Waals surface area contributed by atoms with Crippen molar-refractivity contribution in [2.45, 2.75) is 13.0 Å². The molecule has 0 heterocycles. The molecule has 1 atom stereocenters. The highest BCUT2D eigenvalue weighted by Crippen LogP contribution is 2.18. The third-order valence-electron chi connectivity index (χ3n) is 2.97. The van der Waals surface area contributed by atoms with E-state index in [1.165, 1.54) is 5.56 Å². The minimum absolute atomic E-state index is 0.304. The van der Waals surface area contributed by atoms with Gasteiger partial charge in [0.1, 0.15) is 12.4 Å². The lowest BCUT2D eigenvalue weighted by Gasteiger charge is -2.15. The molecule has 0 saturated heterocycles. The number of rotatable bonds is 6. The average Bonchev–Trinajstić information content (AvgIpc) is 2.43. The Balaban J connectivity index is 1.76. The van der Waals surface area contributed by atoms with Gasteiger partial charge in [-0.1, -0.05) is 50.1 Å². The molecule has 0 saturated carbocycles. The van der Waals surface area contributed by atoms with Crippen LogP contribution in [0.3, 0.4) is 0 Å². The Morgan fingerprint density at radius 1 is 1.05 bits per heavy atom. The van der Waals surface area contributed by atoms with E-state index in [1.807, 2.05) is 30.3 Å². The van der Waals surface area contributed by atoms with Crippen LogP contribution in [-0.4, -0.2) is 13.2 Å². The first-order chi connectivity index (χ1) is 9.65. The van der Waals surface area contributed by atoms with Crippen molar-refractivity contribution in [1.82, 2.24) is 5.32 Å². The second-order valence-corrected chi connectivity index (χ2v) is 6.37. The summed E-state index contributed by atoms with van der Waals surface area (Å²) in [5, 5.41) is 3.45. The Kier molecular flexibility index (Phi) is 6.07. The molecular formula is C16H17Br2NO. The van der Waals surface area contributed by atoms with E-state index in [4.69, 9.17) is 4.74 Å². The fourth-order valence-electron chi connectivity index (χ4n) is 1.89. The van der Waals surface area contributed by atoms with Crippen molar-refractivity contribution in [1.29, 1.82) is 0 Å². The molecule has 106 valence electrons. The molecule has 0 spiro atoms. The average molecular weight is 399 g/mol. The van der Waals surface area contributed by atoms with Crippen LogP contribution in [0.2, 0.25) is 0 Å². The Morgan fingerprint density at radius 3 is 2.45 bits per heavy atom. The van der Waals surface area contributed by atoms with Crippen LogP contribution in [0.25, 0.3) is 0 Å². The molecule has 0 radical (unpaired) electrons. The van der Waals surface area contributed by atoms with Gasteiger partial charge in [-0.15, -0.1) is 0 Å². The number of hydrogen-bond donors (Lipinski definition) is 1. The number of halogens is 2. The minimum atomic E-state index is 0.304. The maximum Gasteiger partial charge on any atom is 0.120 e. The summed E-state index contributed by atoms with van der Waals surface area (Å²) in [6, 6.07) is 16.5.